The smallest absolute Gasteiger partial charge is 0.341 e. The van der Waals surface area contributed by atoms with Crippen molar-refractivity contribution in [2.75, 3.05) is 39.9 Å². The standard InChI is InChI=1S/C24H32N4O4/c1-4-25-24(26-13-19-12-20(17(2)32-19)23(29)30-3)28-15-21-22(16-28)31-11-10-27(21)14-18-8-6-5-7-9-18/h5-9,12,21-22H,4,10-11,13-16H2,1-3H3,(H,25,26). The Balaban J connectivity index is 1.45. The predicted molar refractivity (Wildman–Crippen MR) is 122 cm³/mol. The Labute approximate surface area is 189 Å². The second-order valence-corrected chi connectivity index (χ2v) is 8.18. The summed E-state index contributed by atoms with van der Waals surface area (Å²) in [5.41, 5.74) is 1.77. The molecule has 8 nitrogen and oxygen atoms in total. The number of carbonyl (C=O) groups is 1. The molecule has 2 fully saturated rings. The molecule has 0 bridgehead atoms. The van der Waals surface area contributed by atoms with Gasteiger partial charge in [-0.15, -0.1) is 0 Å². The maximum atomic E-state index is 11.8. The van der Waals surface area contributed by atoms with E-state index in [0.717, 1.165) is 45.3 Å². The van der Waals surface area contributed by atoms with Gasteiger partial charge in [0.15, 0.2) is 5.96 Å². The number of furan rings is 1. The minimum atomic E-state index is -0.396. The summed E-state index contributed by atoms with van der Waals surface area (Å²) >= 11 is 0. The molecule has 32 heavy (non-hydrogen) atoms. The zero-order valence-corrected chi connectivity index (χ0v) is 19.0. The van der Waals surface area contributed by atoms with Crippen molar-refractivity contribution >= 4 is 11.9 Å². The maximum Gasteiger partial charge on any atom is 0.341 e. The lowest BCUT2D eigenvalue weighted by molar-refractivity contribution is -0.0502. The maximum absolute atomic E-state index is 11.8. The van der Waals surface area contributed by atoms with E-state index in [4.69, 9.17) is 18.9 Å². The molecule has 8 heteroatoms. The van der Waals surface area contributed by atoms with Crippen LogP contribution in [0.4, 0.5) is 0 Å². The van der Waals surface area contributed by atoms with Crippen LogP contribution in [-0.2, 0) is 22.6 Å². The van der Waals surface area contributed by atoms with E-state index in [9.17, 15) is 4.79 Å². The molecule has 2 atom stereocenters. The number of morpholine rings is 1. The van der Waals surface area contributed by atoms with E-state index >= 15 is 0 Å². The fourth-order valence-corrected chi connectivity index (χ4v) is 4.46. The molecule has 2 unspecified atom stereocenters. The van der Waals surface area contributed by atoms with Crippen LogP contribution in [0.1, 0.15) is 34.4 Å². The van der Waals surface area contributed by atoms with Gasteiger partial charge in [-0.2, -0.15) is 0 Å². The van der Waals surface area contributed by atoms with E-state index in [0.29, 0.717) is 29.7 Å². The second-order valence-electron chi connectivity index (χ2n) is 8.18. The molecule has 2 saturated heterocycles. The van der Waals surface area contributed by atoms with Crippen LogP contribution in [0, 0.1) is 6.92 Å². The van der Waals surface area contributed by atoms with Gasteiger partial charge in [0.25, 0.3) is 0 Å². The molecule has 2 aliphatic heterocycles. The number of fused-ring (bicyclic) bond motifs is 1. The van der Waals surface area contributed by atoms with Crippen molar-refractivity contribution in [1.82, 2.24) is 15.1 Å². The molecular weight excluding hydrogens is 408 g/mol. The number of hydrogen-bond donors (Lipinski definition) is 1. The summed E-state index contributed by atoms with van der Waals surface area (Å²) in [5, 5.41) is 3.39. The Kier molecular flexibility index (Phi) is 7.12. The van der Waals surface area contributed by atoms with Crippen molar-refractivity contribution in [3.8, 4) is 0 Å². The molecule has 2 aromatic rings. The van der Waals surface area contributed by atoms with Crippen LogP contribution in [0.15, 0.2) is 45.8 Å². The molecule has 2 aliphatic rings. The minimum Gasteiger partial charge on any atom is -0.465 e. The third-order valence-corrected chi connectivity index (χ3v) is 6.04. The zero-order chi connectivity index (χ0) is 22.5. The molecule has 1 N–H and O–H groups in total. The van der Waals surface area contributed by atoms with E-state index in [2.05, 4.69) is 52.4 Å². The third-order valence-electron chi connectivity index (χ3n) is 6.04. The number of nitrogens with zero attached hydrogens (tertiary/aromatic N) is 3. The van der Waals surface area contributed by atoms with Crippen molar-refractivity contribution in [3.05, 3.63) is 59.0 Å². The topological polar surface area (TPSA) is 79.5 Å². The summed E-state index contributed by atoms with van der Waals surface area (Å²) in [5.74, 6) is 1.62. The lowest BCUT2D eigenvalue weighted by Crippen LogP contribution is -2.50. The quantitative estimate of drug-likeness (QED) is 0.420. The number of ether oxygens (including phenoxy) is 2. The Morgan fingerprint density at radius 1 is 1.28 bits per heavy atom. The van der Waals surface area contributed by atoms with Gasteiger partial charge in [0, 0.05) is 32.7 Å². The van der Waals surface area contributed by atoms with Gasteiger partial charge >= 0.3 is 5.97 Å². The normalized spacial score (nSPS) is 21.5. The molecular formula is C24H32N4O4. The zero-order valence-electron chi connectivity index (χ0n) is 19.0. The Morgan fingerprint density at radius 3 is 2.84 bits per heavy atom. The first-order chi connectivity index (χ1) is 15.6. The SMILES string of the molecule is CCNC(=NCc1cc(C(=O)OC)c(C)o1)N1CC2OCCN(Cc3ccccc3)C2C1. The molecule has 1 aromatic heterocycles. The number of esters is 1. The molecule has 4 rings (SSSR count). The lowest BCUT2D eigenvalue weighted by atomic mass is 10.1. The van der Waals surface area contributed by atoms with Gasteiger partial charge in [-0.1, -0.05) is 30.3 Å². The van der Waals surface area contributed by atoms with Crippen molar-refractivity contribution in [1.29, 1.82) is 0 Å². The summed E-state index contributed by atoms with van der Waals surface area (Å²) in [7, 11) is 1.37. The Hall–Kier alpha value is -2.84. The minimum absolute atomic E-state index is 0.160. The van der Waals surface area contributed by atoms with Gasteiger partial charge in [-0.3, -0.25) is 4.90 Å². The monoisotopic (exact) mass is 440 g/mol. The third kappa shape index (κ3) is 4.97. The Morgan fingerprint density at radius 2 is 2.09 bits per heavy atom. The fourth-order valence-electron chi connectivity index (χ4n) is 4.46. The van der Waals surface area contributed by atoms with Gasteiger partial charge < -0.3 is 24.1 Å². The molecule has 0 radical (unpaired) electrons. The number of likely N-dealkylation sites (tertiary alicyclic amines) is 1. The van der Waals surface area contributed by atoms with Gasteiger partial charge in [-0.05, 0) is 25.5 Å². The number of carbonyl (C=O) groups excluding carboxylic acids is 1. The average molecular weight is 441 g/mol. The molecule has 0 spiro atoms. The highest BCUT2D eigenvalue weighted by molar-refractivity contribution is 5.90. The van der Waals surface area contributed by atoms with Crippen molar-refractivity contribution in [3.63, 3.8) is 0 Å². The van der Waals surface area contributed by atoms with Crippen LogP contribution in [-0.4, -0.2) is 73.8 Å². The van der Waals surface area contributed by atoms with Crippen molar-refractivity contribution < 1.29 is 18.7 Å². The molecule has 0 aliphatic carbocycles. The molecule has 1 aromatic carbocycles. The lowest BCUT2D eigenvalue weighted by Gasteiger charge is -2.36. The summed E-state index contributed by atoms with van der Waals surface area (Å²) in [6.45, 7) is 9.19. The summed E-state index contributed by atoms with van der Waals surface area (Å²) in [6.07, 6.45) is 0.160. The van der Waals surface area contributed by atoms with Crippen LogP contribution >= 0.6 is 0 Å². The number of nitrogens with one attached hydrogen (secondary N) is 1. The van der Waals surface area contributed by atoms with Gasteiger partial charge in [-0.25, -0.2) is 9.79 Å². The van der Waals surface area contributed by atoms with Crippen LogP contribution < -0.4 is 5.32 Å². The van der Waals surface area contributed by atoms with Crippen LogP contribution in [0.25, 0.3) is 0 Å². The number of methoxy groups -OCH3 is 1. The first-order valence-electron chi connectivity index (χ1n) is 11.2. The fraction of sp³-hybridized carbons (Fsp3) is 0.500. The van der Waals surface area contributed by atoms with Crippen molar-refractivity contribution in [2.24, 2.45) is 4.99 Å². The van der Waals surface area contributed by atoms with Crippen LogP contribution in [0.3, 0.4) is 0 Å². The molecule has 3 heterocycles. The van der Waals surface area contributed by atoms with Gasteiger partial charge in [0.1, 0.15) is 23.6 Å². The van der Waals surface area contributed by atoms with Gasteiger partial charge in [0.2, 0.25) is 0 Å². The van der Waals surface area contributed by atoms with E-state index < -0.39 is 5.97 Å². The number of rotatable bonds is 6. The highest BCUT2D eigenvalue weighted by Gasteiger charge is 2.41. The number of aryl methyl sites for hydroxylation is 1. The number of guanidine groups is 1. The van der Waals surface area contributed by atoms with Crippen LogP contribution in [0.2, 0.25) is 0 Å². The molecule has 172 valence electrons. The summed E-state index contributed by atoms with van der Waals surface area (Å²) < 4.78 is 16.6. The van der Waals surface area contributed by atoms with Crippen LogP contribution in [0.5, 0.6) is 0 Å². The first-order valence-corrected chi connectivity index (χ1v) is 11.2. The van der Waals surface area contributed by atoms with Crippen molar-refractivity contribution in [2.45, 2.75) is 39.1 Å². The summed E-state index contributed by atoms with van der Waals surface area (Å²) in [4.78, 5) is 21.4. The number of aliphatic imine (C=N–C) groups is 1. The highest BCUT2D eigenvalue weighted by atomic mass is 16.5. The summed E-state index contributed by atoms with van der Waals surface area (Å²) in [6, 6.07) is 12.6. The molecule has 0 amide bonds. The van der Waals surface area contributed by atoms with E-state index in [1.807, 2.05) is 0 Å². The second kappa shape index (κ2) is 10.2. The highest BCUT2D eigenvalue weighted by Crippen LogP contribution is 2.25. The molecule has 0 saturated carbocycles. The predicted octanol–water partition coefficient (Wildman–Crippen LogP) is 2.43. The first kappa shape index (κ1) is 22.4. The van der Waals surface area contributed by atoms with E-state index in [1.165, 1.54) is 12.7 Å². The largest absolute Gasteiger partial charge is 0.465 e. The van der Waals surface area contributed by atoms with E-state index in [1.54, 1.807) is 13.0 Å². The number of benzene rings is 1. The Bertz CT molecular complexity index is 943. The van der Waals surface area contributed by atoms with E-state index in [-0.39, 0.29) is 6.10 Å². The average Bonchev–Trinajstić information content (AvgIpc) is 3.41. The van der Waals surface area contributed by atoms with Gasteiger partial charge in [0.05, 0.1) is 25.9 Å². The number of hydrogen-bond acceptors (Lipinski definition) is 6.